The van der Waals surface area contributed by atoms with E-state index in [1.54, 1.807) is 0 Å². The van der Waals surface area contributed by atoms with Crippen molar-refractivity contribution in [3.63, 3.8) is 0 Å². The van der Waals surface area contributed by atoms with Crippen LogP contribution in [-0.4, -0.2) is 8.32 Å². The number of benzene rings is 2. The molecule has 0 heterocycles. The zero-order chi connectivity index (χ0) is 17.1. The molecule has 0 fully saturated rings. The Morgan fingerprint density at radius 3 is 2.22 bits per heavy atom. The molecule has 0 spiro atoms. The highest BCUT2D eigenvalue weighted by molar-refractivity contribution is 6.74. The van der Waals surface area contributed by atoms with E-state index in [2.05, 4.69) is 40.5 Å². The lowest BCUT2D eigenvalue weighted by Gasteiger charge is -2.37. The maximum Gasteiger partial charge on any atom is 0.250 e. The van der Waals surface area contributed by atoms with Gasteiger partial charge in [0.25, 0.3) is 8.32 Å². The molecule has 0 aliphatic heterocycles. The van der Waals surface area contributed by atoms with Crippen LogP contribution in [0.5, 0.6) is 11.5 Å². The normalized spacial score (nSPS) is 12.1. The molecular weight excluding hydrogens is 324 g/mol. The fourth-order valence-electron chi connectivity index (χ4n) is 1.70. The van der Waals surface area contributed by atoms with Crippen LogP contribution in [-0.2, 0) is 0 Å². The molecule has 2 aromatic rings. The molecule has 0 N–H and O–H groups in total. The molecule has 2 nitrogen and oxygen atoms in total. The average Bonchev–Trinajstić information content (AvgIpc) is 2.48. The minimum absolute atomic E-state index is 0.0870. The van der Waals surface area contributed by atoms with E-state index in [9.17, 15) is 0 Å². The van der Waals surface area contributed by atoms with Gasteiger partial charge in [-0.1, -0.05) is 62.7 Å². The predicted molar refractivity (Wildman–Crippen MR) is 98.7 cm³/mol. The molecule has 2 rings (SSSR count). The van der Waals surface area contributed by atoms with Crippen molar-refractivity contribution in [1.29, 1.82) is 0 Å². The van der Waals surface area contributed by atoms with Crippen LogP contribution in [0.1, 0.15) is 26.3 Å². The van der Waals surface area contributed by atoms with Gasteiger partial charge in [-0.2, -0.15) is 0 Å². The smallest absolute Gasteiger partial charge is 0.250 e. The van der Waals surface area contributed by atoms with E-state index in [0.29, 0.717) is 10.8 Å². The van der Waals surface area contributed by atoms with Crippen molar-refractivity contribution < 1.29 is 9.16 Å². The van der Waals surface area contributed by atoms with Crippen molar-refractivity contribution in [3.8, 4) is 11.5 Å². The van der Waals surface area contributed by atoms with Crippen LogP contribution < -0.4 is 9.16 Å². The Morgan fingerprint density at radius 2 is 1.61 bits per heavy atom. The molecule has 0 aliphatic rings. The van der Waals surface area contributed by atoms with Crippen LogP contribution in [0, 0.1) is 6.61 Å². The van der Waals surface area contributed by atoms with Crippen LogP contribution in [0.4, 0.5) is 0 Å². The second-order valence-electron chi connectivity index (χ2n) is 7.00. The lowest BCUT2D eigenvalue weighted by atomic mass is 10.2. The first-order valence-corrected chi connectivity index (χ1v) is 10.9. The SMILES string of the molecule is CC(C)(C)[Si](C)(C)Oc1c(Cl)cccc1[C]Oc1ccccc1. The average molecular weight is 347 g/mol. The van der Waals surface area contributed by atoms with Gasteiger partial charge >= 0.3 is 0 Å². The molecule has 122 valence electrons. The Morgan fingerprint density at radius 1 is 0.957 bits per heavy atom. The van der Waals surface area contributed by atoms with Gasteiger partial charge in [-0.15, -0.1) is 0 Å². The fourth-order valence-corrected chi connectivity index (χ4v) is 3.02. The summed E-state index contributed by atoms with van der Waals surface area (Å²) in [7, 11) is -2.00. The minimum atomic E-state index is -2.00. The lowest BCUT2D eigenvalue weighted by Crippen LogP contribution is -2.44. The van der Waals surface area contributed by atoms with Gasteiger partial charge in [0.15, 0.2) is 0 Å². The van der Waals surface area contributed by atoms with Crippen molar-refractivity contribution in [1.82, 2.24) is 0 Å². The highest BCUT2D eigenvalue weighted by atomic mass is 35.5. The zero-order valence-electron chi connectivity index (χ0n) is 14.3. The Hall–Kier alpha value is -1.45. The third-order valence-electron chi connectivity index (χ3n) is 4.15. The van der Waals surface area contributed by atoms with E-state index in [1.807, 2.05) is 48.5 Å². The van der Waals surface area contributed by atoms with Gasteiger partial charge in [0.2, 0.25) is 6.61 Å². The summed E-state index contributed by atoms with van der Waals surface area (Å²) in [6, 6.07) is 15.1. The first-order chi connectivity index (χ1) is 10.7. The number of halogens is 1. The molecule has 0 saturated heterocycles. The number of hydrogen-bond donors (Lipinski definition) is 0. The van der Waals surface area contributed by atoms with Gasteiger partial charge < -0.3 is 9.16 Å². The summed E-state index contributed by atoms with van der Waals surface area (Å²) in [6.45, 7) is 13.9. The van der Waals surface area contributed by atoms with Crippen molar-refractivity contribution in [2.45, 2.75) is 38.9 Å². The summed E-state index contributed by atoms with van der Waals surface area (Å²) in [5.41, 5.74) is 0.728. The van der Waals surface area contributed by atoms with Crippen molar-refractivity contribution in [2.24, 2.45) is 0 Å². The summed E-state index contributed by atoms with van der Waals surface area (Å²) < 4.78 is 12.0. The highest BCUT2D eigenvalue weighted by Crippen LogP contribution is 2.40. The first kappa shape index (κ1) is 17.9. The third kappa shape index (κ3) is 4.52. The second kappa shape index (κ2) is 6.98. The summed E-state index contributed by atoms with van der Waals surface area (Å²) >= 11 is 6.37. The van der Waals surface area contributed by atoms with Gasteiger partial charge in [0.05, 0.1) is 5.02 Å². The van der Waals surface area contributed by atoms with Crippen LogP contribution >= 0.6 is 11.6 Å². The van der Waals surface area contributed by atoms with E-state index in [-0.39, 0.29) is 5.04 Å². The minimum Gasteiger partial charge on any atom is -0.542 e. The first-order valence-electron chi connectivity index (χ1n) is 7.66. The van der Waals surface area contributed by atoms with E-state index >= 15 is 0 Å². The van der Waals surface area contributed by atoms with E-state index in [1.165, 1.54) is 0 Å². The van der Waals surface area contributed by atoms with Crippen LogP contribution in [0.25, 0.3) is 0 Å². The van der Waals surface area contributed by atoms with Crippen LogP contribution in [0.3, 0.4) is 0 Å². The molecular formula is C19H23ClO2Si. The number of hydrogen-bond acceptors (Lipinski definition) is 2. The van der Waals surface area contributed by atoms with Crippen molar-refractivity contribution in [2.75, 3.05) is 0 Å². The van der Waals surface area contributed by atoms with Gasteiger partial charge in [0, 0.05) is 5.56 Å². The maximum absolute atomic E-state index is 6.38. The Labute approximate surface area is 145 Å². The van der Waals surface area contributed by atoms with Crippen molar-refractivity contribution >= 4 is 19.9 Å². The monoisotopic (exact) mass is 346 g/mol. The molecule has 23 heavy (non-hydrogen) atoms. The zero-order valence-corrected chi connectivity index (χ0v) is 16.1. The highest BCUT2D eigenvalue weighted by Gasteiger charge is 2.39. The van der Waals surface area contributed by atoms with Gasteiger partial charge in [0.1, 0.15) is 11.5 Å². The third-order valence-corrected chi connectivity index (χ3v) is 8.78. The standard InChI is InChI=1S/C19H23ClO2Si/c1-19(2,3)23(4,5)22-18-15(10-9-13-17(18)20)14-21-16-11-7-6-8-12-16/h6-13H,1-5H3. The van der Waals surface area contributed by atoms with E-state index < -0.39 is 8.32 Å². The van der Waals surface area contributed by atoms with Crippen LogP contribution in [0.2, 0.25) is 23.2 Å². The predicted octanol–water partition coefficient (Wildman–Crippen LogP) is 6.19. The van der Waals surface area contributed by atoms with Crippen molar-refractivity contribution in [3.05, 3.63) is 65.7 Å². The number of rotatable bonds is 5. The summed E-state index contributed by atoms with van der Waals surface area (Å²) in [4.78, 5) is 0. The molecule has 0 bridgehead atoms. The number of ether oxygens (including phenoxy) is 1. The lowest BCUT2D eigenvalue weighted by molar-refractivity contribution is 0.419. The quantitative estimate of drug-likeness (QED) is 0.601. The molecule has 4 heteroatoms. The molecule has 0 saturated carbocycles. The number of para-hydroxylation sites is 2. The van der Waals surface area contributed by atoms with Gasteiger partial charge in [-0.25, -0.2) is 0 Å². The van der Waals surface area contributed by atoms with Gasteiger partial charge in [-0.3, -0.25) is 0 Å². The molecule has 2 radical (unpaired) electrons. The Kier molecular flexibility index (Phi) is 5.43. The molecule has 0 aromatic heterocycles. The van der Waals surface area contributed by atoms with E-state index in [0.717, 1.165) is 11.3 Å². The fraction of sp³-hybridized carbons (Fsp3) is 0.316. The second-order valence-corrected chi connectivity index (χ2v) is 12.1. The Balaban J connectivity index is 2.23. The van der Waals surface area contributed by atoms with E-state index in [4.69, 9.17) is 20.8 Å². The molecule has 2 aromatic carbocycles. The largest absolute Gasteiger partial charge is 0.542 e. The van der Waals surface area contributed by atoms with Gasteiger partial charge in [-0.05, 0) is 36.3 Å². The topological polar surface area (TPSA) is 18.5 Å². The van der Waals surface area contributed by atoms with Crippen LogP contribution in [0.15, 0.2) is 48.5 Å². The molecule has 0 unspecified atom stereocenters. The summed E-state index contributed by atoms with van der Waals surface area (Å²) in [5, 5.41) is 0.667. The molecule has 0 atom stereocenters. The molecule has 0 aliphatic carbocycles. The molecule has 0 amide bonds. The Bertz CT molecular complexity index is 648. The summed E-state index contributed by atoms with van der Waals surface area (Å²) in [6.07, 6.45) is 0. The maximum atomic E-state index is 6.38. The summed E-state index contributed by atoms with van der Waals surface area (Å²) in [5.74, 6) is 1.38.